The van der Waals surface area contributed by atoms with E-state index in [1.807, 2.05) is 42.5 Å². The predicted molar refractivity (Wildman–Crippen MR) is 106 cm³/mol. The van der Waals surface area contributed by atoms with Gasteiger partial charge in [0.25, 0.3) is 0 Å². The molecule has 0 saturated heterocycles. The topological polar surface area (TPSA) is 107 Å². The molecule has 0 bridgehead atoms. The van der Waals surface area contributed by atoms with Crippen LogP contribution in [0.3, 0.4) is 0 Å². The third-order valence-corrected chi connectivity index (χ3v) is 5.76. The van der Waals surface area contributed by atoms with Crippen molar-refractivity contribution >= 4 is 11.7 Å². The van der Waals surface area contributed by atoms with Crippen molar-refractivity contribution < 1.29 is 9.90 Å². The number of hydrogen-bond donors (Lipinski definition) is 3. The summed E-state index contributed by atoms with van der Waals surface area (Å²) >= 11 is 0. The summed E-state index contributed by atoms with van der Waals surface area (Å²) in [6, 6.07) is 13.3. The van der Waals surface area contributed by atoms with Crippen LogP contribution in [0.2, 0.25) is 0 Å². The predicted octanol–water partition coefficient (Wildman–Crippen LogP) is 1.52. The molecule has 1 aliphatic heterocycles. The second kappa shape index (κ2) is 7.06. The van der Waals surface area contributed by atoms with Crippen LogP contribution in [0.1, 0.15) is 41.3 Å². The quantitative estimate of drug-likeness (QED) is 0.570. The van der Waals surface area contributed by atoms with Crippen LogP contribution >= 0.6 is 0 Å². The summed E-state index contributed by atoms with van der Waals surface area (Å²) in [5.41, 5.74) is 2.20. The van der Waals surface area contributed by atoms with E-state index in [2.05, 4.69) is 25.5 Å². The molecule has 2 aliphatic rings. The number of aromatic nitrogens is 4. The molecule has 29 heavy (non-hydrogen) atoms. The number of carbonyl (C=O) groups is 1. The van der Waals surface area contributed by atoms with E-state index >= 15 is 0 Å². The molecular weight excluding hydrogens is 368 g/mol. The van der Waals surface area contributed by atoms with E-state index in [-0.39, 0.29) is 17.7 Å². The Labute approximate surface area is 168 Å². The Kier molecular flexibility index (Phi) is 4.37. The van der Waals surface area contributed by atoms with Gasteiger partial charge in [0, 0.05) is 19.7 Å². The number of pyridine rings is 1. The summed E-state index contributed by atoms with van der Waals surface area (Å²) in [5, 5.41) is 21.9. The molecule has 1 unspecified atom stereocenters. The lowest BCUT2D eigenvalue weighted by Crippen LogP contribution is -2.47. The minimum Gasteiger partial charge on any atom is -0.371 e. The molecule has 0 spiro atoms. The number of aliphatic hydroxyl groups is 1. The number of nitrogens with zero attached hydrogens (tertiary/aromatic N) is 4. The van der Waals surface area contributed by atoms with Gasteiger partial charge in [-0.15, -0.1) is 10.2 Å². The zero-order valence-electron chi connectivity index (χ0n) is 16.0. The van der Waals surface area contributed by atoms with Crippen LogP contribution in [0.5, 0.6) is 0 Å². The number of nitrogens with one attached hydrogen (secondary N) is 2. The Balaban J connectivity index is 1.31. The summed E-state index contributed by atoms with van der Waals surface area (Å²) < 4.78 is 0. The van der Waals surface area contributed by atoms with Gasteiger partial charge in [0.1, 0.15) is 11.6 Å². The first-order chi connectivity index (χ1) is 14.1. The molecule has 1 fully saturated rings. The third-order valence-electron chi connectivity index (χ3n) is 5.76. The van der Waals surface area contributed by atoms with E-state index < -0.39 is 12.3 Å². The highest BCUT2D eigenvalue weighted by molar-refractivity contribution is 5.98. The lowest BCUT2D eigenvalue weighted by atomic mass is 10.1. The fourth-order valence-electron chi connectivity index (χ4n) is 4.16. The summed E-state index contributed by atoms with van der Waals surface area (Å²) in [4.78, 5) is 22.1. The van der Waals surface area contributed by atoms with Crippen LogP contribution in [-0.2, 0) is 11.2 Å². The number of aromatic amines is 1. The van der Waals surface area contributed by atoms with Gasteiger partial charge in [0.2, 0.25) is 5.91 Å². The van der Waals surface area contributed by atoms with Gasteiger partial charge >= 0.3 is 0 Å². The standard InChI is InChI=1S/C21H22N6O2/c1-27-19-13(8-5-9-22-19)14-11-15(14)17(21(27)29)24-20(28)18-23-16(25-26-18)10-12-6-3-2-4-7-12/h2-9,14-15,17,20,24,28H,10-11H2,1H3,(H,23,25,26)/t14-,15-,17-,20?/m0/s1. The van der Waals surface area contributed by atoms with Gasteiger partial charge in [-0.1, -0.05) is 36.4 Å². The number of amides is 1. The highest BCUT2D eigenvalue weighted by Gasteiger charge is 2.52. The average molecular weight is 390 g/mol. The minimum absolute atomic E-state index is 0.0991. The highest BCUT2D eigenvalue weighted by Crippen LogP contribution is 2.54. The van der Waals surface area contributed by atoms with Gasteiger partial charge in [-0.05, 0) is 35.4 Å². The largest absolute Gasteiger partial charge is 0.371 e. The zero-order valence-corrected chi connectivity index (χ0v) is 16.0. The number of H-pyrrole nitrogens is 1. The van der Waals surface area contributed by atoms with E-state index in [0.29, 0.717) is 23.9 Å². The van der Waals surface area contributed by atoms with Crippen molar-refractivity contribution in [3.63, 3.8) is 0 Å². The summed E-state index contributed by atoms with van der Waals surface area (Å²) in [5.74, 6) is 1.99. The van der Waals surface area contributed by atoms with Crippen LogP contribution in [-0.4, -0.2) is 44.3 Å². The maximum atomic E-state index is 13.0. The van der Waals surface area contributed by atoms with Gasteiger partial charge in [0.05, 0.1) is 6.04 Å². The molecule has 3 heterocycles. The molecule has 4 atom stereocenters. The normalized spacial score (nSPS) is 23.9. The number of rotatable bonds is 5. The Morgan fingerprint density at radius 3 is 2.90 bits per heavy atom. The molecular formula is C21H22N6O2. The molecule has 1 saturated carbocycles. The maximum Gasteiger partial charge on any atom is 0.245 e. The molecule has 5 rings (SSSR count). The molecule has 8 heteroatoms. The van der Waals surface area contributed by atoms with Gasteiger partial charge in [0.15, 0.2) is 12.1 Å². The number of benzene rings is 1. The van der Waals surface area contributed by atoms with Crippen molar-refractivity contribution in [1.82, 2.24) is 25.5 Å². The summed E-state index contributed by atoms with van der Waals surface area (Å²) in [7, 11) is 1.73. The number of aliphatic hydroxyl groups excluding tert-OH is 1. The molecule has 3 aromatic rings. The monoisotopic (exact) mass is 390 g/mol. The van der Waals surface area contributed by atoms with Crippen molar-refractivity contribution in [3.05, 3.63) is 71.4 Å². The van der Waals surface area contributed by atoms with E-state index in [9.17, 15) is 9.90 Å². The maximum absolute atomic E-state index is 13.0. The van der Waals surface area contributed by atoms with Gasteiger partial charge in [-0.2, -0.15) is 0 Å². The van der Waals surface area contributed by atoms with Gasteiger partial charge < -0.3 is 10.1 Å². The Morgan fingerprint density at radius 1 is 1.24 bits per heavy atom. The van der Waals surface area contributed by atoms with E-state index in [1.54, 1.807) is 18.1 Å². The fourth-order valence-corrected chi connectivity index (χ4v) is 4.16. The highest BCUT2D eigenvalue weighted by atomic mass is 16.3. The van der Waals surface area contributed by atoms with E-state index in [1.165, 1.54) is 0 Å². The first kappa shape index (κ1) is 18.0. The minimum atomic E-state index is -1.11. The first-order valence-electron chi connectivity index (χ1n) is 9.74. The second-order valence-corrected chi connectivity index (χ2v) is 7.69. The number of hydrogen-bond acceptors (Lipinski definition) is 6. The van der Waals surface area contributed by atoms with Crippen LogP contribution in [0.25, 0.3) is 0 Å². The number of fused-ring (bicyclic) bond motifs is 3. The molecule has 0 radical (unpaired) electrons. The molecule has 148 valence electrons. The second-order valence-electron chi connectivity index (χ2n) is 7.69. The third kappa shape index (κ3) is 3.30. The molecule has 1 aromatic carbocycles. The summed E-state index contributed by atoms with van der Waals surface area (Å²) in [6.45, 7) is 0. The molecule has 2 aromatic heterocycles. The molecule has 1 aliphatic carbocycles. The Hall–Kier alpha value is -3.10. The molecule has 3 N–H and O–H groups in total. The SMILES string of the molecule is CN1C(=O)[C@@H](NC(O)c2nnc(Cc3ccccc3)[nH]2)[C@H]2C[C@H]2c2cccnc21. The van der Waals surface area contributed by atoms with Gasteiger partial charge in [-0.3, -0.25) is 15.0 Å². The first-order valence-corrected chi connectivity index (χ1v) is 9.74. The van der Waals surface area contributed by atoms with Crippen LogP contribution in [0.15, 0.2) is 48.7 Å². The van der Waals surface area contributed by atoms with Crippen LogP contribution in [0.4, 0.5) is 5.82 Å². The smallest absolute Gasteiger partial charge is 0.245 e. The molecule has 8 nitrogen and oxygen atoms in total. The lowest BCUT2D eigenvalue weighted by molar-refractivity contribution is -0.121. The molecule has 1 amide bonds. The number of carbonyl (C=O) groups excluding carboxylic acids is 1. The summed E-state index contributed by atoms with van der Waals surface area (Å²) in [6.07, 6.45) is 2.09. The number of likely N-dealkylation sites (N-methyl/N-ethyl adjacent to an activating group) is 1. The van der Waals surface area contributed by atoms with Crippen LogP contribution in [0, 0.1) is 5.92 Å². The average Bonchev–Trinajstić information content (AvgIpc) is 3.41. The van der Waals surface area contributed by atoms with Gasteiger partial charge in [-0.25, -0.2) is 4.98 Å². The van der Waals surface area contributed by atoms with Crippen molar-refractivity contribution in [2.75, 3.05) is 11.9 Å². The van der Waals surface area contributed by atoms with Crippen molar-refractivity contribution in [2.24, 2.45) is 5.92 Å². The zero-order chi connectivity index (χ0) is 20.0. The van der Waals surface area contributed by atoms with E-state index in [0.717, 1.165) is 17.5 Å². The Morgan fingerprint density at radius 2 is 2.07 bits per heavy atom. The van der Waals surface area contributed by atoms with Crippen LogP contribution < -0.4 is 10.2 Å². The fraction of sp³-hybridized carbons (Fsp3) is 0.333. The van der Waals surface area contributed by atoms with Crippen molar-refractivity contribution in [2.45, 2.75) is 31.0 Å². The van der Waals surface area contributed by atoms with Crippen molar-refractivity contribution in [3.8, 4) is 0 Å². The van der Waals surface area contributed by atoms with E-state index in [4.69, 9.17) is 0 Å². The number of anilines is 1. The van der Waals surface area contributed by atoms with Crippen molar-refractivity contribution in [1.29, 1.82) is 0 Å². The lowest BCUT2D eigenvalue weighted by Gasteiger charge is -2.24. The Bertz CT molecular complexity index is 1040.